The van der Waals surface area contributed by atoms with E-state index >= 15 is 0 Å². The summed E-state index contributed by atoms with van der Waals surface area (Å²) in [6.45, 7) is 0. The van der Waals surface area contributed by atoms with Gasteiger partial charge in [0.15, 0.2) is 0 Å². The zero-order valence-corrected chi connectivity index (χ0v) is 4.49. The third-order valence-corrected chi connectivity index (χ3v) is 0.370. The fourth-order valence-corrected chi connectivity index (χ4v) is 0.166. The zero-order chi connectivity index (χ0) is 7.82. The second kappa shape index (κ2) is 4.95. The van der Waals surface area contributed by atoms with Gasteiger partial charge in [-0.2, -0.15) is 9.82 Å². The lowest BCUT2D eigenvalue weighted by Crippen LogP contribution is -1.95. The van der Waals surface area contributed by atoms with Crippen LogP contribution < -0.4 is 0 Å². The molecule has 0 radical (unpaired) electrons. The SMILES string of the molecule is [N-]=[N+]=NN(N=C=O)N=[N+]=[N-]. The third kappa shape index (κ3) is 2.89. The highest BCUT2D eigenvalue weighted by Crippen LogP contribution is 1.89. The first-order chi connectivity index (χ1) is 4.85. The molecule has 0 heterocycles. The lowest BCUT2D eigenvalue weighted by molar-refractivity contribution is 0.307. The van der Waals surface area contributed by atoms with Crippen molar-refractivity contribution < 1.29 is 4.79 Å². The summed E-state index contributed by atoms with van der Waals surface area (Å²) in [4.78, 5) is 13.8. The van der Waals surface area contributed by atoms with E-state index in [1.807, 2.05) is 0 Å². The number of rotatable bonds is 3. The van der Waals surface area contributed by atoms with Gasteiger partial charge in [0.25, 0.3) is 6.08 Å². The molecule has 0 saturated carbocycles. The lowest BCUT2D eigenvalue weighted by atomic mass is 11.6. The normalized spacial score (nSPS) is 6.00. The minimum absolute atomic E-state index is 0.160. The Hall–Kier alpha value is -2.20. The monoisotopic (exact) mass is 140 g/mol. The Bertz CT molecular complexity index is 193. The van der Waals surface area contributed by atoms with Crippen LogP contribution in [0.5, 0.6) is 0 Å². The molecule has 0 aliphatic rings. The first-order valence-corrected chi connectivity index (χ1v) is 1.83. The first-order valence-electron chi connectivity index (χ1n) is 1.83. The molecule has 9 heteroatoms. The quantitative estimate of drug-likeness (QED) is 0.144. The van der Waals surface area contributed by atoms with E-state index in [9.17, 15) is 4.79 Å². The molecule has 0 aliphatic carbocycles. The van der Waals surface area contributed by atoms with Gasteiger partial charge in [0.1, 0.15) is 0 Å². The number of hydrazone groups is 1. The predicted octanol–water partition coefficient (Wildman–Crippen LogP) is 0.990. The molecular formula is CN8O. The minimum Gasteiger partial charge on any atom is -0.207 e. The van der Waals surface area contributed by atoms with E-state index in [-0.39, 0.29) is 5.23 Å². The second-order valence-electron chi connectivity index (χ2n) is 0.817. The van der Waals surface area contributed by atoms with Gasteiger partial charge in [-0.15, -0.1) is 11.1 Å². The van der Waals surface area contributed by atoms with Crippen LogP contribution in [0.3, 0.4) is 0 Å². The average molecular weight is 140 g/mol. The van der Waals surface area contributed by atoms with Crippen LogP contribution >= 0.6 is 0 Å². The maximum atomic E-state index is 9.46. The highest BCUT2D eigenvalue weighted by Gasteiger charge is 1.90. The van der Waals surface area contributed by atoms with Gasteiger partial charge in [0.05, 0.1) is 0 Å². The first kappa shape index (κ1) is 7.80. The molecule has 0 saturated heterocycles. The third-order valence-electron chi connectivity index (χ3n) is 0.370. The summed E-state index contributed by atoms with van der Waals surface area (Å²) in [7, 11) is 0. The van der Waals surface area contributed by atoms with Crippen molar-refractivity contribution in [1.29, 1.82) is 0 Å². The molecule has 0 aliphatic heterocycles. The van der Waals surface area contributed by atoms with Crippen LogP contribution in [0, 0.1) is 0 Å². The lowest BCUT2D eigenvalue weighted by Gasteiger charge is -1.90. The number of carbonyl (C=O) groups excluding carboxylic acids is 1. The van der Waals surface area contributed by atoms with Crippen molar-refractivity contribution in [2.24, 2.45) is 15.5 Å². The van der Waals surface area contributed by atoms with Gasteiger partial charge in [-0.25, -0.2) is 4.79 Å². The number of hydrogen-bond acceptors (Lipinski definition) is 4. The van der Waals surface area contributed by atoms with Crippen molar-refractivity contribution in [2.45, 2.75) is 0 Å². The van der Waals surface area contributed by atoms with E-state index in [0.717, 1.165) is 6.08 Å². The Morgan fingerprint density at radius 1 is 1.30 bits per heavy atom. The van der Waals surface area contributed by atoms with Crippen LogP contribution in [0.2, 0.25) is 0 Å². The molecule has 50 valence electrons. The van der Waals surface area contributed by atoms with Gasteiger partial charge in [-0.1, -0.05) is 0 Å². The molecule has 0 spiro atoms. The fraction of sp³-hybridized carbons (Fsp3) is 0. The van der Waals surface area contributed by atoms with Crippen molar-refractivity contribution in [3.8, 4) is 0 Å². The van der Waals surface area contributed by atoms with Crippen molar-refractivity contribution in [3.05, 3.63) is 20.9 Å². The largest absolute Gasteiger partial charge is 0.282 e. The minimum atomic E-state index is 0.160. The Morgan fingerprint density at radius 3 is 2.10 bits per heavy atom. The van der Waals surface area contributed by atoms with Gasteiger partial charge < -0.3 is 0 Å². The van der Waals surface area contributed by atoms with Gasteiger partial charge in [0, 0.05) is 15.5 Å². The summed E-state index contributed by atoms with van der Waals surface area (Å²) < 4.78 is 0. The second-order valence-corrected chi connectivity index (χ2v) is 0.817. The number of nitrogens with zero attached hydrogens (tertiary/aromatic N) is 8. The topological polar surface area (TPSA) is 130 Å². The average Bonchev–Trinajstić information content (AvgIpc) is 1.90. The predicted molar refractivity (Wildman–Crippen MR) is 28.3 cm³/mol. The summed E-state index contributed by atoms with van der Waals surface area (Å²) in [6, 6.07) is 0. The molecule has 0 unspecified atom stereocenters. The van der Waals surface area contributed by atoms with Crippen molar-refractivity contribution >= 4 is 6.08 Å². The van der Waals surface area contributed by atoms with E-state index in [2.05, 4.69) is 25.4 Å². The summed E-state index contributed by atoms with van der Waals surface area (Å²) in [6.07, 6.45) is 1.01. The van der Waals surface area contributed by atoms with Crippen molar-refractivity contribution in [2.75, 3.05) is 0 Å². The number of isocyanates is 1. The molecule has 0 rings (SSSR count). The van der Waals surface area contributed by atoms with Crippen LogP contribution in [0.25, 0.3) is 20.9 Å². The molecule has 0 N–H and O–H groups in total. The Balaban J connectivity index is 4.39. The standard InChI is InChI=1S/CN8O/c2-5-7-9(4-1-10)8-6-3. The molecule has 0 fully saturated rings. The molecule has 0 atom stereocenters. The summed E-state index contributed by atoms with van der Waals surface area (Å²) in [5, 5.41) is 8.19. The van der Waals surface area contributed by atoms with Gasteiger partial charge in [0.2, 0.25) is 0 Å². The Kier molecular flexibility index (Phi) is 3.86. The van der Waals surface area contributed by atoms with Crippen molar-refractivity contribution in [3.63, 3.8) is 0 Å². The Morgan fingerprint density at radius 2 is 1.80 bits per heavy atom. The highest BCUT2D eigenvalue weighted by molar-refractivity contribution is 5.31. The van der Waals surface area contributed by atoms with E-state index in [4.69, 9.17) is 11.1 Å². The van der Waals surface area contributed by atoms with Crippen LogP contribution in [-0.2, 0) is 4.79 Å². The summed E-state index contributed by atoms with van der Waals surface area (Å²) in [5.41, 5.74) is 15.5. The molecule has 9 nitrogen and oxygen atoms in total. The van der Waals surface area contributed by atoms with E-state index in [1.54, 1.807) is 0 Å². The van der Waals surface area contributed by atoms with Gasteiger partial charge in [-0.05, 0) is 5.23 Å². The number of azide groups is 1. The van der Waals surface area contributed by atoms with E-state index < -0.39 is 0 Å². The molecule has 0 aromatic heterocycles. The highest BCUT2D eigenvalue weighted by atomic mass is 16.1. The molecule has 10 heavy (non-hydrogen) atoms. The molecule has 0 amide bonds. The zero-order valence-electron chi connectivity index (χ0n) is 4.49. The van der Waals surface area contributed by atoms with Crippen LogP contribution in [0.1, 0.15) is 0 Å². The Labute approximate surface area is 53.7 Å². The van der Waals surface area contributed by atoms with Crippen LogP contribution in [0.4, 0.5) is 0 Å². The van der Waals surface area contributed by atoms with E-state index in [0.29, 0.717) is 0 Å². The van der Waals surface area contributed by atoms with Crippen molar-refractivity contribution in [1.82, 2.24) is 5.23 Å². The van der Waals surface area contributed by atoms with Gasteiger partial charge in [-0.3, -0.25) is 0 Å². The van der Waals surface area contributed by atoms with E-state index in [1.165, 1.54) is 0 Å². The summed E-state index contributed by atoms with van der Waals surface area (Å²) in [5.74, 6) is 0. The molecule has 0 aromatic rings. The number of hydrogen-bond donors (Lipinski definition) is 0. The summed E-state index contributed by atoms with van der Waals surface area (Å²) >= 11 is 0. The maximum Gasteiger partial charge on any atom is 0.282 e. The molecule has 0 aromatic carbocycles. The molecular weight excluding hydrogens is 140 g/mol. The molecule has 0 bridgehead atoms. The van der Waals surface area contributed by atoms with Gasteiger partial charge >= 0.3 is 0 Å². The van der Waals surface area contributed by atoms with Crippen LogP contribution in [0.15, 0.2) is 15.5 Å². The fourth-order valence-electron chi connectivity index (χ4n) is 0.166. The smallest absolute Gasteiger partial charge is 0.207 e. The maximum absolute atomic E-state index is 9.46. The van der Waals surface area contributed by atoms with Crippen LogP contribution in [-0.4, -0.2) is 11.3 Å².